The van der Waals surface area contributed by atoms with Gasteiger partial charge in [-0.05, 0) is 30.9 Å². The molecule has 2 aromatic rings. The van der Waals surface area contributed by atoms with E-state index in [1.807, 2.05) is 25.1 Å². The SMILES string of the molecule is C=C/C=C\C.CC(C)C.Cc1ccc(-c2ccccc2)cc1. The normalized spacial score (nSPS) is 9.55. The van der Waals surface area contributed by atoms with Crippen LogP contribution in [-0.4, -0.2) is 0 Å². The van der Waals surface area contributed by atoms with Crippen molar-refractivity contribution < 1.29 is 0 Å². The highest BCUT2D eigenvalue weighted by molar-refractivity contribution is 5.63. The van der Waals surface area contributed by atoms with E-state index in [2.05, 4.69) is 82.8 Å². The van der Waals surface area contributed by atoms with Gasteiger partial charge in [-0.25, -0.2) is 0 Å². The Morgan fingerprint density at radius 2 is 1.27 bits per heavy atom. The highest BCUT2D eigenvalue weighted by Gasteiger charge is 1.93. The van der Waals surface area contributed by atoms with Crippen LogP contribution >= 0.6 is 0 Å². The Morgan fingerprint density at radius 3 is 1.64 bits per heavy atom. The van der Waals surface area contributed by atoms with E-state index in [9.17, 15) is 0 Å². The maximum atomic E-state index is 3.46. The van der Waals surface area contributed by atoms with Gasteiger partial charge < -0.3 is 0 Å². The first-order valence-corrected chi connectivity index (χ1v) is 7.87. The molecule has 118 valence electrons. The molecule has 0 fully saturated rings. The van der Waals surface area contributed by atoms with Crippen LogP contribution in [-0.2, 0) is 0 Å². The summed E-state index contributed by atoms with van der Waals surface area (Å²) in [5.41, 5.74) is 3.87. The Labute approximate surface area is 137 Å². The standard InChI is InChI=1S/C13H12.C5H8.C4H10/c1-11-7-9-13(10-8-11)12-5-3-2-4-6-12;1-3-5-4-2;1-4(2)3/h2-10H,1H3;3-5H,1H2,2H3;4H,1-3H3/b;5-4-;. The Kier molecular flexibility index (Phi) is 11.4. The van der Waals surface area contributed by atoms with Gasteiger partial charge in [0.2, 0.25) is 0 Å². The molecule has 0 atom stereocenters. The van der Waals surface area contributed by atoms with Gasteiger partial charge >= 0.3 is 0 Å². The zero-order chi connectivity index (χ0) is 16.8. The van der Waals surface area contributed by atoms with Gasteiger partial charge in [-0.2, -0.15) is 0 Å². The number of hydrogen-bond acceptors (Lipinski definition) is 0. The van der Waals surface area contributed by atoms with Crippen molar-refractivity contribution in [2.75, 3.05) is 0 Å². The van der Waals surface area contributed by atoms with Crippen molar-refractivity contribution in [3.8, 4) is 11.1 Å². The lowest BCUT2D eigenvalue weighted by Gasteiger charge is -2.00. The van der Waals surface area contributed by atoms with Gasteiger partial charge in [0, 0.05) is 0 Å². The fraction of sp³-hybridized carbons (Fsp3) is 0.273. The summed E-state index contributed by atoms with van der Waals surface area (Å²) in [7, 11) is 0. The lowest BCUT2D eigenvalue weighted by Crippen LogP contribution is -1.76. The zero-order valence-electron chi connectivity index (χ0n) is 14.7. The number of benzene rings is 2. The lowest BCUT2D eigenvalue weighted by atomic mass is 10.0. The highest BCUT2D eigenvalue weighted by Crippen LogP contribution is 2.18. The molecule has 0 aromatic heterocycles. The molecule has 0 spiro atoms. The van der Waals surface area contributed by atoms with Crippen molar-refractivity contribution >= 4 is 0 Å². The summed E-state index contributed by atoms with van der Waals surface area (Å²) in [6.07, 6.45) is 5.58. The Balaban J connectivity index is 0.000000411. The van der Waals surface area contributed by atoms with E-state index < -0.39 is 0 Å². The molecule has 0 aliphatic heterocycles. The smallest absolute Gasteiger partial charge is 0.0184 e. The monoisotopic (exact) mass is 294 g/mol. The molecule has 0 bridgehead atoms. The van der Waals surface area contributed by atoms with Crippen LogP contribution in [0.4, 0.5) is 0 Å². The Morgan fingerprint density at radius 1 is 0.818 bits per heavy atom. The van der Waals surface area contributed by atoms with Crippen LogP contribution < -0.4 is 0 Å². The topological polar surface area (TPSA) is 0 Å². The average Bonchev–Trinajstić information content (AvgIpc) is 2.50. The van der Waals surface area contributed by atoms with Crippen molar-refractivity contribution in [2.45, 2.75) is 34.6 Å². The minimum Gasteiger partial charge on any atom is -0.0991 e. The molecular formula is C22H30. The summed E-state index contributed by atoms with van der Waals surface area (Å²) < 4.78 is 0. The van der Waals surface area contributed by atoms with E-state index in [-0.39, 0.29) is 0 Å². The summed E-state index contributed by atoms with van der Waals surface area (Å²) in [6, 6.07) is 19.0. The number of hydrogen-bond donors (Lipinski definition) is 0. The van der Waals surface area contributed by atoms with E-state index >= 15 is 0 Å². The highest BCUT2D eigenvalue weighted by atomic mass is 14.0. The summed E-state index contributed by atoms with van der Waals surface area (Å²) >= 11 is 0. The summed E-state index contributed by atoms with van der Waals surface area (Å²) in [5.74, 6) is 0.833. The zero-order valence-corrected chi connectivity index (χ0v) is 14.7. The largest absolute Gasteiger partial charge is 0.0991 e. The third kappa shape index (κ3) is 10.7. The Hall–Kier alpha value is -2.08. The van der Waals surface area contributed by atoms with Crippen molar-refractivity contribution in [2.24, 2.45) is 5.92 Å². The Bertz CT molecular complexity index is 513. The number of aryl methyl sites for hydroxylation is 1. The van der Waals surface area contributed by atoms with Crippen LogP contribution in [0.3, 0.4) is 0 Å². The maximum absolute atomic E-state index is 3.46. The van der Waals surface area contributed by atoms with E-state index in [1.54, 1.807) is 6.08 Å². The molecule has 0 unspecified atom stereocenters. The van der Waals surface area contributed by atoms with Crippen molar-refractivity contribution in [1.29, 1.82) is 0 Å². The molecule has 0 N–H and O–H groups in total. The van der Waals surface area contributed by atoms with Crippen molar-refractivity contribution in [1.82, 2.24) is 0 Å². The fourth-order valence-corrected chi connectivity index (χ4v) is 1.51. The van der Waals surface area contributed by atoms with Crippen LogP contribution in [0.2, 0.25) is 0 Å². The molecule has 0 nitrogen and oxygen atoms in total. The first-order chi connectivity index (χ1) is 10.5. The van der Waals surface area contributed by atoms with Crippen LogP contribution in [0.1, 0.15) is 33.3 Å². The first kappa shape index (κ1) is 19.9. The molecule has 0 heteroatoms. The van der Waals surface area contributed by atoms with Gasteiger partial charge in [-0.1, -0.05) is 106 Å². The summed E-state index contributed by atoms with van der Waals surface area (Å²) in [4.78, 5) is 0. The van der Waals surface area contributed by atoms with Gasteiger partial charge in [0.1, 0.15) is 0 Å². The molecular weight excluding hydrogens is 264 g/mol. The first-order valence-electron chi connectivity index (χ1n) is 7.87. The van der Waals surface area contributed by atoms with Crippen LogP contribution in [0.25, 0.3) is 11.1 Å². The van der Waals surface area contributed by atoms with Gasteiger partial charge in [0.15, 0.2) is 0 Å². The van der Waals surface area contributed by atoms with E-state index in [0.29, 0.717) is 0 Å². The fourth-order valence-electron chi connectivity index (χ4n) is 1.51. The molecule has 0 saturated heterocycles. The molecule has 22 heavy (non-hydrogen) atoms. The second-order valence-corrected chi connectivity index (χ2v) is 5.73. The quantitative estimate of drug-likeness (QED) is 0.519. The molecule has 2 aromatic carbocycles. The summed E-state index contributed by atoms with van der Waals surface area (Å²) in [6.45, 7) is 14.0. The molecule has 2 rings (SSSR count). The van der Waals surface area contributed by atoms with E-state index in [1.165, 1.54) is 16.7 Å². The number of rotatable bonds is 2. The molecule has 0 saturated carbocycles. The van der Waals surface area contributed by atoms with Crippen molar-refractivity contribution in [3.05, 3.63) is 85.0 Å². The minimum atomic E-state index is 0.833. The second-order valence-electron chi connectivity index (χ2n) is 5.73. The van der Waals surface area contributed by atoms with Gasteiger partial charge in [-0.15, -0.1) is 0 Å². The van der Waals surface area contributed by atoms with E-state index in [0.717, 1.165) is 5.92 Å². The average molecular weight is 294 g/mol. The van der Waals surface area contributed by atoms with E-state index in [4.69, 9.17) is 0 Å². The van der Waals surface area contributed by atoms with Crippen LogP contribution in [0, 0.1) is 12.8 Å². The van der Waals surface area contributed by atoms with Crippen LogP contribution in [0.15, 0.2) is 79.4 Å². The van der Waals surface area contributed by atoms with Crippen molar-refractivity contribution in [3.63, 3.8) is 0 Å². The minimum absolute atomic E-state index is 0.833. The number of allylic oxidation sites excluding steroid dienone is 3. The molecule has 0 heterocycles. The predicted molar refractivity (Wildman–Crippen MR) is 102 cm³/mol. The van der Waals surface area contributed by atoms with Gasteiger partial charge in [0.05, 0.1) is 0 Å². The van der Waals surface area contributed by atoms with Gasteiger partial charge in [0.25, 0.3) is 0 Å². The molecule has 0 amide bonds. The second kappa shape index (κ2) is 12.6. The third-order valence-corrected chi connectivity index (χ3v) is 2.49. The predicted octanol–water partition coefficient (Wildman–Crippen LogP) is 7.07. The molecule has 0 aliphatic rings. The molecule has 0 aliphatic carbocycles. The lowest BCUT2D eigenvalue weighted by molar-refractivity contribution is 0.737. The van der Waals surface area contributed by atoms with Crippen LogP contribution in [0.5, 0.6) is 0 Å². The van der Waals surface area contributed by atoms with Gasteiger partial charge in [-0.3, -0.25) is 0 Å². The maximum Gasteiger partial charge on any atom is -0.0184 e. The molecule has 0 radical (unpaired) electrons. The summed E-state index contributed by atoms with van der Waals surface area (Å²) in [5, 5.41) is 0. The third-order valence-electron chi connectivity index (χ3n) is 2.49.